The summed E-state index contributed by atoms with van der Waals surface area (Å²) in [6.45, 7) is 16.6. The summed E-state index contributed by atoms with van der Waals surface area (Å²) in [7, 11) is 0. The predicted octanol–water partition coefficient (Wildman–Crippen LogP) is 6.36. The lowest BCUT2D eigenvalue weighted by molar-refractivity contribution is -0.156. The Balaban J connectivity index is 3.03. The molecule has 0 aliphatic rings. The Bertz CT molecular complexity index is 837. The first kappa shape index (κ1) is 27.1. The van der Waals surface area contributed by atoms with Gasteiger partial charge in [0.2, 0.25) is 0 Å². The highest BCUT2D eigenvalue weighted by Gasteiger charge is 2.31. The van der Waals surface area contributed by atoms with Gasteiger partial charge in [0, 0.05) is 24.2 Å². The lowest BCUT2D eigenvalue weighted by Crippen LogP contribution is -2.32. The summed E-state index contributed by atoms with van der Waals surface area (Å²) in [6.07, 6.45) is 4.45. The van der Waals surface area contributed by atoms with Crippen LogP contribution in [0.1, 0.15) is 84.4 Å². The minimum atomic E-state index is -0.547. The summed E-state index contributed by atoms with van der Waals surface area (Å²) < 4.78 is 10.6. The number of aromatic hydroxyl groups is 1. The Labute approximate surface area is 191 Å². The molecule has 6 heteroatoms. The van der Waals surface area contributed by atoms with Gasteiger partial charge in [0.15, 0.2) is 0 Å². The molecule has 1 rings (SSSR count). The Morgan fingerprint density at radius 1 is 1.03 bits per heavy atom. The number of thioether (sulfide) groups is 1. The van der Waals surface area contributed by atoms with E-state index in [1.807, 2.05) is 34.6 Å². The molecule has 0 saturated heterocycles. The van der Waals surface area contributed by atoms with Crippen LogP contribution in [-0.4, -0.2) is 28.4 Å². The van der Waals surface area contributed by atoms with E-state index in [4.69, 9.17) is 9.47 Å². The fourth-order valence-electron chi connectivity index (χ4n) is 3.43. The van der Waals surface area contributed by atoms with Crippen molar-refractivity contribution in [3.63, 3.8) is 0 Å². The highest BCUT2D eigenvalue weighted by atomic mass is 32.2. The summed E-state index contributed by atoms with van der Waals surface area (Å²) >= 11 is 1.67. The molecular formula is C25H38O5S. The number of esters is 2. The molecule has 0 unspecified atom stereocenters. The van der Waals surface area contributed by atoms with Gasteiger partial charge in [-0.1, -0.05) is 11.6 Å². The van der Waals surface area contributed by atoms with Crippen LogP contribution in [0.5, 0.6) is 11.5 Å². The van der Waals surface area contributed by atoms with E-state index in [1.165, 1.54) is 19.4 Å². The molecule has 0 aromatic heterocycles. The monoisotopic (exact) mass is 450 g/mol. The van der Waals surface area contributed by atoms with Gasteiger partial charge in [-0.05, 0) is 90.7 Å². The molecule has 0 spiro atoms. The Morgan fingerprint density at radius 2 is 1.65 bits per heavy atom. The van der Waals surface area contributed by atoms with Gasteiger partial charge in [0.25, 0.3) is 0 Å². The standard InChI is InChI=1S/C25H38O5S/c1-16(2)11-10-12-25(9,30-20(6)27)13-14-31-24(7,8)21-15-22(29-19(5)26)17(3)18(4)23(21)28/h11,15,28H,10,12-14H2,1-9H3/t25-/m1/s1. The number of rotatable bonds is 10. The second-order valence-electron chi connectivity index (χ2n) is 9.09. The fourth-order valence-corrected chi connectivity index (χ4v) is 4.79. The zero-order chi connectivity index (χ0) is 24.0. The molecule has 0 aliphatic heterocycles. The van der Waals surface area contributed by atoms with Gasteiger partial charge in [-0.2, -0.15) is 11.8 Å². The van der Waals surface area contributed by atoms with Crippen LogP contribution in [0.4, 0.5) is 0 Å². The lowest BCUT2D eigenvalue weighted by atomic mass is 9.95. The van der Waals surface area contributed by atoms with Crippen molar-refractivity contribution in [2.45, 2.75) is 91.9 Å². The number of carbonyl (C=O) groups is 2. The van der Waals surface area contributed by atoms with Crippen LogP contribution >= 0.6 is 11.8 Å². The summed E-state index contributed by atoms with van der Waals surface area (Å²) in [5, 5.41) is 10.8. The van der Waals surface area contributed by atoms with Crippen LogP contribution < -0.4 is 4.74 Å². The normalized spacial score (nSPS) is 13.3. The minimum absolute atomic E-state index is 0.220. The second-order valence-corrected chi connectivity index (χ2v) is 10.8. The summed E-state index contributed by atoms with van der Waals surface area (Å²) in [5.41, 5.74) is 2.87. The van der Waals surface area contributed by atoms with Crippen LogP contribution in [0, 0.1) is 13.8 Å². The molecule has 1 atom stereocenters. The van der Waals surface area contributed by atoms with E-state index in [2.05, 4.69) is 19.9 Å². The molecule has 1 N–H and O–H groups in total. The van der Waals surface area contributed by atoms with Gasteiger partial charge in [-0.25, -0.2) is 0 Å². The maximum atomic E-state index is 11.7. The molecule has 0 saturated carbocycles. The van der Waals surface area contributed by atoms with E-state index in [1.54, 1.807) is 17.8 Å². The van der Waals surface area contributed by atoms with Crippen molar-refractivity contribution in [3.8, 4) is 11.5 Å². The van der Waals surface area contributed by atoms with Crippen molar-refractivity contribution in [3.05, 3.63) is 34.4 Å². The first-order valence-corrected chi connectivity index (χ1v) is 11.7. The highest BCUT2D eigenvalue weighted by Crippen LogP contribution is 2.45. The number of carbonyl (C=O) groups excluding carboxylic acids is 2. The summed E-state index contributed by atoms with van der Waals surface area (Å²) in [6, 6.07) is 1.76. The van der Waals surface area contributed by atoms with Crippen LogP contribution in [0.2, 0.25) is 0 Å². The van der Waals surface area contributed by atoms with Crippen LogP contribution in [0.25, 0.3) is 0 Å². The molecule has 0 radical (unpaired) electrons. The summed E-state index contributed by atoms with van der Waals surface area (Å²) in [4.78, 5) is 23.1. The lowest BCUT2D eigenvalue weighted by Gasteiger charge is -2.32. The van der Waals surface area contributed by atoms with Crippen molar-refractivity contribution in [2.24, 2.45) is 0 Å². The van der Waals surface area contributed by atoms with Gasteiger partial charge in [-0.3, -0.25) is 9.59 Å². The van der Waals surface area contributed by atoms with E-state index < -0.39 is 16.3 Å². The molecule has 0 heterocycles. The summed E-state index contributed by atoms with van der Waals surface area (Å²) in [5.74, 6) is 0.760. The molecule has 0 amide bonds. The van der Waals surface area contributed by atoms with Gasteiger partial charge in [0.05, 0.1) is 0 Å². The molecule has 31 heavy (non-hydrogen) atoms. The maximum Gasteiger partial charge on any atom is 0.308 e. The first-order valence-electron chi connectivity index (χ1n) is 10.7. The van der Waals surface area contributed by atoms with Gasteiger partial charge < -0.3 is 14.6 Å². The molecular weight excluding hydrogens is 412 g/mol. The van der Waals surface area contributed by atoms with Crippen molar-refractivity contribution < 1.29 is 24.2 Å². The molecule has 1 aromatic rings. The third-order valence-corrected chi connectivity index (χ3v) is 6.78. The smallest absolute Gasteiger partial charge is 0.308 e. The first-order chi connectivity index (χ1) is 14.2. The average molecular weight is 451 g/mol. The third kappa shape index (κ3) is 8.24. The number of ether oxygens (including phenoxy) is 2. The predicted molar refractivity (Wildman–Crippen MR) is 128 cm³/mol. The van der Waals surface area contributed by atoms with Gasteiger partial charge >= 0.3 is 11.9 Å². The van der Waals surface area contributed by atoms with Crippen molar-refractivity contribution in [1.82, 2.24) is 0 Å². The fraction of sp³-hybridized carbons (Fsp3) is 0.600. The molecule has 0 fully saturated rings. The maximum absolute atomic E-state index is 11.7. The van der Waals surface area contributed by atoms with Crippen LogP contribution in [-0.2, 0) is 19.1 Å². The van der Waals surface area contributed by atoms with Crippen LogP contribution in [0.3, 0.4) is 0 Å². The quantitative estimate of drug-likeness (QED) is 0.254. The molecule has 1 aromatic carbocycles. The van der Waals surface area contributed by atoms with Crippen molar-refractivity contribution in [1.29, 1.82) is 0 Å². The number of phenolic OH excluding ortho intramolecular Hbond substituents is 1. The topological polar surface area (TPSA) is 72.8 Å². The third-order valence-electron chi connectivity index (χ3n) is 5.43. The van der Waals surface area contributed by atoms with E-state index in [9.17, 15) is 14.7 Å². The number of phenols is 1. The molecule has 174 valence electrons. The number of hydrogen-bond acceptors (Lipinski definition) is 6. The number of allylic oxidation sites excluding steroid dienone is 2. The van der Waals surface area contributed by atoms with E-state index in [-0.39, 0.29) is 11.7 Å². The second kappa shape index (κ2) is 11.1. The Kier molecular flexibility index (Phi) is 9.68. The highest BCUT2D eigenvalue weighted by molar-refractivity contribution is 8.00. The van der Waals surface area contributed by atoms with E-state index in [0.29, 0.717) is 17.7 Å². The molecule has 0 bridgehead atoms. The van der Waals surface area contributed by atoms with Crippen molar-refractivity contribution >= 4 is 23.7 Å². The van der Waals surface area contributed by atoms with Gasteiger partial charge in [-0.15, -0.1) is 0 Å². The number of benzene rings is 1. The zero-order valence-corrected chi connectivity index (χ0v) is 21.3. The van der Waals surface area contributed by atoms with Crippen molar-refractivity contribution in [2.75, 3.05) is 5.75 Å². The minimum Gasteiger partial charge on any atom is -0.507 e. The molecule has 0 aliphatic carbocycles. The zero-order valence-electron chi connectivity index (χ0n) is 20.5. The van der Waals surface area contributed by atoms with E-state index in [0.717, 1.165) is 29.7 Å². The SMILES string of the molecule is CC(=O)Oc1cc(C(C)(C)SCC[C@@](C)(CCC=C(C)C)OC(C)=O)c(O)c(C)c1C. The van der Waals surface area contributed by atoms with Gasteiger partial charge in [0.1, 0.15) is 17.1 Å². The van der Waals surface area contributed by atoms with E-state index >= 15 is 0 Å². The average Bonchev–Trinajstić information content (AvgIpc) is 2.60. The number of hydrogen-bond donors (Lipinski definition) is 1. The molecule has 5 nitrogen and oxygen atoms in total. The Morgan fingerprint density at radius 3 is 2.16 bits per heavy atom. The largest absolute Gasteiger partial charge is 0.507 e. The Hall–Kier alpha value is -1.95. The van der Waals surface area contributed by atoms with Crippen LogP contribution in [0.15, 0.2) is 17.7 Å².